The number of hydrogen-bond acceptors (Lipinski definition) is 7. The lowest BCUT2D eigenvalue weighted by Gasteiger charge is -2.11. The summed E-state index contributed by atoms with van der Waals surface area (Å²) < 4.78 is 16.2. The molecule has 118 valence electrons. The molecule has 1 aliphatic heterocycles. The maximum Gasteiger partial charge on any atom is 0.342 e. The van der Waals surface area contributed by atoms with Crippen LogP contribution in [0.2, 0.25) is 0 Å². The van der Waals surface area contributed by atoms with E-state index in [9.17, 15) is 4.79 Å². The van der Waals surface area contributed by atoms with Gasteiger partial charge in [-0.2, -0.15) is 0 Å². The van der Waals surface area contributed by atoms with Gasteiger partial charge in [0.25, 0.3) is 0 Å². The molecule has 1 atom stereocenters. The zero-order chi connectivity index (χ0) is 15.5. The minimum absolute atomic E-state index is 0.170. The van der Waals surface area contributed by atoms with Crippen LogP contribution in [0.5, 0.6) is 0 Å². The largest absolute Gasteiger partial charge is 0.462 e. The SMILES string of the molecule is CCOC(=O)c1c(C)oc2ncnc(NC[C@@H]3CCCO3)c12. The van der Waals surface area contributed by atoms with Crippen molar-refractivity contribution in [1.29, 1.82) is 0 Å². The number of ether oxygens (including phenoxy) is 2. The van der Waals surface area contributed by atoms with E-state index in [1.165, 1.54) is 6.33 Å². The number of furan rings is 1. The van der Waals surface area contributed by atoms with Crippen molar-refractivity contribution < 1.29 is 18.7 Å². The Bertz CT molecular complexity index is 677. The normalized spacial score (nSPS) is 17.8. The van der Waals surface area contributed by atoms with Crippen LogP contribution in [0.4, 0.5) is 5.82 Å². The number of hydrogen-bond donors (Lipinski definition) is 1. The van der Waals surface area contributed by atoms with Gasteiger partial charge in [-0.3, -0.25) is 0 Å². The molecule has 3 heterocycles. The highest BCUT2D eigenvalue weighted by molar-refractivity contribution is 6.07. The number of fused-ring (bicyclic) bond motifs is 1. The first-order valence-corrected chi connectivity index (χ1v) is 7.47. The van der Waals surface area contributed by atoms with Crippen LogP contribution < -0.4 is 5.32 Å². The quantitative estimate of drug-likeness (QED) is 0.848. The van der Waals surface area contributed by atoms with Crippen LogP contribution in [0.1, 0.15) is 35.9 Å². The zero-order valence-electron chi connectivity index (χ0n) is 12.7. The second kappa shape index (κ2) is 6.31. The molecule has 1 saturated heterocycles. The second-order valence-electron chi connectivity index (χ2n) is 5.17. The Balaban J connectivity index is 1.93. The molecule has 1 N–H and O–H groups in total. The van der Waals surface area contributed by atoms with Gasteiger partial charge in [0, 0.05) is 13.2 Å². The molecule has 1 aliphatic rings. The molecule has 0 aliphatic carbocycles. The summed E-state index contributed by atoms with van der Waals surface area (Å²) in [7, 11) is 0. The predicted octanol–water partition coefficient (Wildman–Crippen LogP) is 2.30. The molecule has 0 spiro atoms. The molecule has 7 heteroatoms. The van der Waals surface area contributed by atoms with Gasteiger partial charge in [-0.1, -0.05) is 0 Å². The van der Waals surface area contributed by atoms with Crippen molar-refractivity contribution in [2.45, 2.75) is 32.8 Å². The van der Waals surface area contributed by atoms with E-state index in [0.29, 0.717) is 41.4 Å². The summed E-state index contributed by atoms with van der Waals surface area (Å²) in [5.74, 6) is 0.628. The molecule has 0 unspecified atom stereocenters. The van der Waals surface area contributed by atoms with Gasteiger partial charge in [0.15, 0.2) is 0 Å². The lowest BCUT2D eigenvalue weighted by atomic mass is 10.2. The lowest BCUT2D eigenvalue weighted by molar-refractivity contribution is 0.0526. The summed E-state index contributed by atoms with van der Waals surface area (Å²) in [6.07, 6.45) is 3.68. The molecular formula is C15H19N3O4. The van der Waals surface area contributed by atoms with Crippen molar-refractivity contribution in [3.8, 4) is 0 Å². The van der Waals surface area contributed by atoms with Crippen LogP contribution in [0.25, 0.3) is 11.1 Å². The Morgan fingerprint density at radius 2 is 2.36 bits per heavy atom. The fourth-order valence-electron chi connectivity index (χ4n) is 2.64. The number of nitrogens with one attached hydrogen (secondary N) is 1. The average molecular weight is 305 g/mol. The molecule has 7 nitrogen and oxygen atoms in total. The average Bonchev–Trinajstić information content (AvgIpc) is 3.11. The van der Waals surface area contributed by atoms with E-state index in [1.54, 1.807) is 13.8 Å². The number of nitrogens with zero attached hydrogens (tertiary/aromatic N) is 2. The number of esters is 1. The molecular weight excluding hydrogens is 286 g/mol. The van der Waals surface area contributed by atoms with E-state index in [-0.39, 0.29) is 6.10 Å². The number of carbonyl (C=O) groups excluding carboxylic acids is 1. The summed E-state index contributed by atoms with van der Waals surface area (Å²) in [5, 5.41) is 3.80. The molecule has 2 aromatic rings. The first-order chi connectivity index (χ1) is 10.7. The third kappa shape index (κ3) is 2.76. The molecule has 3 rings (SSSR count). The zero-order valence-corrected chi connectivity index (χ0v) is 12.7. The first-order valence-electron chi connectivity index (χ1n) is 7.47. The van der Waals surface area contributed by atoms with E-state index < -0.39 is 5.97 Å². The summed E-state index contributed by atoms with van der Waals surface area (Å²) in [4.78, 5) is 20.5. The third-order valence-corrected chi connectivity index (χ3v) is 3.67. The van der Waals surface area contributed by atoms with Crippen molar-refractivity contribution in [3.05, 3.63) is 17.7 Å². The Labute approximate surface area is 128 Å². The Hall–Kier alpha value is -2.15. The molecule has 22 heavy (non-hydrogen) atoms. The summed E-state index contributed by atoms with van der Waals surface area (Å²) >= 11 is 0. The van der Waals surface area contributed by atoms with E-state index in [2.05, 4.69) is 15.3 Å². The van der Waals surface area contributed by atoms with Crippen LogP contribution >= 0.6 is 0 Å². The molecule has 0 aromatic carbocycles. The van der Waals surface area contributed by atoms with Crippen LogP contribution in [0.3, 0.4) is 0 Å². The minimum atomic E-state index is -0.422. The second-order valence-corrected chi connectivity index (χ2v) is 5.17. The highest BCUT2D eigenvalue weighted by Crippen LogP contribution is 2.29. The van der Waals surface area contributed by atoms with Crippen molar-refractivity contribution in [3.63, 3.8) is 0 Å². The maximum atomic E-state index is 12.2. The fraction of sp³-hybridized carbons (Fsp3) is 0.533. The Kier molecular flexibility index (Phi) is 4.24. The highest BCUT2D eigenvalue weighted by Gasteiger charge is 2.24. The van der Waals surface area contributed by atoms with Gasteiger partial charge in [-0.15, -0.1) is 0 Å². The Morgan fingerprint density at radius 3 is 3.09 bits per heavy atom. The van der Waals surface area contributed by atoms with Gasteiger partial charge in [0.2, 0.25) is 5.71 Å². The van der Waals surface area contributed by atoms with E-state index >= 15 is 0 Å². The molecule has 1 fully saturated rings. The summed E-state index contributed by atoms with van der Waals surface area (Å²) in [6, 6.07) is 0. The van der Waals surface area contributed by atoms with Crippen molar-refractivity contribution >= 4 is 22.9 Å². The topological polar surface area (TPSA) is 86.5 Å². The third-order valence-electron chi connectivity index (χ3n) is 3.67. The standard InChI is InChI=1S/C15H19N3O4/c1-3-20-15(19)11-9(2)22-14-12(11)13(17-8-18-14)16-7-10-5-4-6-21-10/h8,10H,3-7H2,1-2H3,(H,16,17,18)/t10-/m0/s1. The molecule has 0 saturated carbocycles. The van der Waals surface area contributed by atoms with Gasteiger partial charge in [-0.05, 0) is 26.7 Å². The summed E-state index contributed by atoms with van der Waals surface area (Å²) in [6.45, 7) is 5.22. The van der Waals surface area contributed by atoms with E-state index in [1.807, 2.05) is 0 Å². The summed E-state index contributed by atoms with van der Waals surface area (Å²) in [5.41, 5.74) is 0.762. The lowest BCUT2D eigenvalue weighted by Crippen LogP contribution is -2.19. The van der Waals surface area contributed by atoms with Gasteiger partial charge < -0.3 is 19.2 Å². The molecule has 2 aromatic heterocycles. The van der Waals surface area contributed by atoms with E-state index in [4.69, 9.17) is 13.9 Å². The van der Waals surface area contributed by atoms with Crippen molar-refractivity contribution in [2.24, 2.45) is 0 Å². The minimum Gasteiger partial charge on any atom is -0.462 e. The molecule has 0 radical (unpaired) electrons. The number of anilines is 1. The van der Waals surface area contributed by atoms with Crippen molar-refractivity contribution in [2.75, 3.05) is 25.1 Å². The van der Waals surface area contributed by atoms with Crippen LogP contribution in [0, 0.1) is 6.92 Å². The highest BCUT2D eigenvalue weighted by atomic mass is 16.5. The number of carbonyl (C=O) groups is 1. The molecule has 0 amide bonds. The number of aryl methyl sites for hydroxylation is 1. The first kappa shape index (κ1) is 14.8. The fourth-order valence-corrected chi connectivity index (χ4v) is 2.64. The molecule has 0 bridgehead atoms. The smallest absolute Gasteiger partial charge is 0.342 e. The number of rotatable bonds is 5. The van der Waals surface area contributed by atoms with Crippen LogP contribution in [-0.2, 0) is 9.47 Å². The Morgan fingerprint density at radius 1 is 1.50 bits per heavy atom. The number of aromatic nitrogens is 2. The van der Waals surface area contributed by atoms with E-state index in [0.717, 1.165) is 19.4 Å². The van der Waals surface area contributed by atoms with Gasteiger partial charge >= 0.3 is 5.97 Å². The van der Waals surface area contributed by atoms with Crippen LogP contribution in [0.15, 0.2) is 10.7 Å². The van der Waals surface area contributed by atoms with Gasteiger partial charge in [0.1, 0.15) is 23.5 Å². The maximum absolute atomic E-state index is 12.2. The van der Waals surface area contributed by atoms with Crippen LogP contribution in [-0.4, -0.2) is 41.8 Å². The van der Waals surface area contributed by atoms with Crippen molar-refractivity contribution in [1.82, 2.24) is 9.97 Å². The van der Waals surface area contributed by atoms with Gasteiger partial charge in [0.05, 0.1) is 18.1 Å². The van der Waals surface area contributed by atoms with Gasteiger partial charge in [-0.25, -0.2) is 14.8 Å². The monoisotopic (exact) mass is 305 g/mol. The predicted molar refractivity (Wildman–Crippen MR) is 80.0 cm³/mol.